The summed E-state index contributed by atoms with van der Waals surface area (Å²) in [5.74, 6) is -0.633. The summed E-state index contributed by atoms with van der Waals surface area (Å²) in [6.07, 6.45) is -3.36. The molecule has 124 valence electrons. The van der Waals surface area contributed by atoms with Crippen molar-refractivity contribution < 1.29 is 22.8 Å². The number of rotatable bonds is 4. The van der Waals surface area contributed by atoms with E-state index < -0.39 is 11.7 Å². The summed E-state index contributed by atoms with van der Waals surface area (Å²) in [6.45, 7) is 0.243. The summed E-state index contributed by atoms with van der Waals surface area (Å²) in [5.41, 5.74) is 0.847. The van der Waals surface area contributed by atoms with Crippen LogP contribution in [0.3, 0.4) is 0 Å². The fraction of sp³-hybridized carbons (Fsp3) is 0.222. The number of carbonyl (C=O) groups excluding carboxylic acids is 2. The number of fused-ring (bicyclic) bond motifs is 1. The average molecular weight is 333 g/mol. The van der Waals surface area contributed by atoms with Gasteiger partial charge in [-0.2, -0.15) is 13.2 Å². The van der Waals surface area contributed by atoms with Crippen LogP contribution in [0.2, 0.25) is 0 Å². The largest absolute Gasteiger partial charge is 0.416 e. The Kier molecular flexibility index (Phi) is 4.13. The van der Waals surface area contributed by atoms with Crippen molar-refractivity contribution in [3.8, 4) is 0 Å². The van der Waals surface area contributed by atoms with E-state index in [0.29, 0.717) is 24.0 Å². The number of halogens is 3. The number of amides is 2. The molecule has 1 heterocycles. The van der Waals surface area contributed by atoms with Gasteiger partial charge in [-0.05, 0) is 42.7 Å². The van der Waals surface area contributed by atoms with Gasteiger partial charge in [0.25, 0.3) is 11.8 Å². The predicted molar refractivity (Wildman–Crippen MR) is 81.6 cm³/mol. The maximum atomic E-state index is 12.5. The topological polar surface area (TPSA) is 37.4 Å². The zero-order valence-electron chi connectivity index (χ0n) is 12.6. The van der Waals surface area contributed by atoms with Crippen molar-refractivity contribution in [1.82, 2.24) is 4.90 Å². The molecular formula is C18H14F3NO2. The minimum atomic E-state index is -4.35. The Hall–Kier alpha value is -2.63. The number of imide groups is 1. The van der Waals surface area contributed by atoms with E-state index in [-0.39, 0.29) is 18.4 Å². The van der Waals surface area contributed by atoms with Crippen molar-refractivity contribution in [2.24, 2.45) is 0 Å². The predicted octanol–water partition coefficient (Wildman–Crippen LogP) is 3.93. The number of alkyl halides is 3. The quantitative estimate of drug-likeness (QED) is 0.795. The highest BCUT2D eigenvalue weighted by Crippen LogP contribution is 2.29. The molecule has 2 aromatic carbocycles. The van der Waals surface area contributed by atoms with Crippen LogP contribution in [0, 0.1) is 0 Å². The molecule has 0 atom stereocenters. The van der Waals surface area contributed by atoms with E-state index in [4.69, 9.17) is 0 Å². The first-order valence-electron chi connectivity index (χ1n) is 7.49. The summed E-state index contributed by atoms with van der Waals surface area (Å²) in [4.78, 5) is 25.6. The molecule has 0 spiro atoms. The molecule has 0 aliphatic carbocycles. The number of hydrogen-bond donors (Lipinski definition) is 0. The van der Waals surface area contributed by atoms with Crippen LogP contribution in [0.5, 0.6) is 0 Å². The molecule has 1 aliphatic rings. The summed E-state index contributed by atoms with van der Waals surface area (Å²) < 4.78 is 37.5. The summed E-state index contributed by atoms with van der Waals surface area (Å²) in [7, 11) is 0. The van der Waals surface area contributed by atoms with Gasteiger partial charge in [-0.25, -0.2) is 0 Å². The molecule has 2 aromatic rings. The first-order chi connectivity index (χ1) is 11.4. The van der Waals surface area contributed by atoms with Crippen LogP contribution in [-0.2, 0) is 12.6 Å². The molecule has 1 aliphatic heterocycles. The molecule has 2 amide bonds. The van der Waals surface area contributed by atoms with Crippen LogP contribution in [-0.4, -0.2) is 23.3 Å². The maximum absolute atomic E-state index is 12.5. The molecule has 0 bridgehead atoms. The van der Waals surface area contributed by atoms with Crippen molar-refractivity contribution in [3.05, 3.63) is 70.8 Å². The van der Waals surface area contributed by atoms with Gasteiger partial charge in [-0.1, -0.05) is 24.3 Å². The molecule has 0 N–H and O–H groups in total. The first kappa shape index (κ1) is 16.2. The number of carbonyl (C=O) groups is 2. The van der Waals surface area contributed by atoms with Gasteiger partial charge in [0.15, 0.2) is 0 Å². The van der Waals surface area contributed by atoms with Crippen LogP contribution in [0.15, 0.2) is 48.5 Å². The van der Waals surface area contributed by atoms with Crippen LogP contribution < -0.4 is 0 Å². The van der Waals surface area contributed by atoms with Gasteiger partial charge in [-0.3, -0.25) is 14.5 Å². The van der Waals surface area contributed by atoms with Crippen molar-refractivity contribution in [3.63, 3.8) is 0 Å². The lowest BCUT2D eigenvalue weighted by Gasteiger charge is -2.13. The first-order valence-corrected chi connectivity index (χ1v) is 7.49. The second-order valence-corrected chi connectivity index (χ2v) is 5.61. The molecule has 0 fully saturated rings. The molecule has 0 saturated carbocycles. The SMILES string of the molecule is O=C1c2ccccc2C(=O)N1CCCc1ccc(C(F)(F)F)cc1. The second-order valence-electron chi connectivity index (χ2n) is 5.61. The van der Waals surface area contributed by atoms with Crippen LogP contribution in [0.25, 0.3) is 0 Å². The van der Waals surface area contributed by atoms with E-state index >= 15 is 0 Å². The van der Waals surface area contributed by atoms with E-state index in [0.717, 1.165) is 17.7 Å². The molecular weight excluding hydrogens is 319 g/mol. The number of nitrogens with zero attached hydrogens (tertiary/aromatic N) is 1. The van der Waals surface area contributed by atoms with Crippen molar-refractivity contribution in [2.45, 2.75) is 19.0 Å². The standard InChI is InChI=1S/C18H14F3NO2/c19-18(20,21)13-9-7-12(8-10-13)4-3-11-22-16(23)14-5-1-2-6-15(14)17(22)24/h1-2,5-10H,3-4,11H2. The zero-order valence-corrected chi connectivity index (χ0v) is 12.6. The van der Waals surface area contributed by atoms with E-state index in [2.05, 4.69) is 0 Å². The summed E-state index contributed by atoms with van der Waals surface area (Å²) in [5, 5.41) is 0. The Balaban J connectivity index is 1.60. The Bertz CT molecular complexity index is 747. The Morgan fingerprint density at radius 2 is 1.38 bits per heavy atom. The van der Waals surface area contributed by atoms with E-state index in [9.17, 15) is 22.8 Å². The molecule has 3 rings (SSSR count). The number of benzene rings is 2. The molecule has 0 aromatic heterocycles. The van der Waals surface area contributed by atoms with Gasteiger partial charge >= 0.3 is 6.18 Å². The highest BCUT2D eigenvalue weighted by molar-refractivity contribution is 6.21. The number of hydrogen-bond acceptors (Lipinski definition) is 2. The lowest BCUT2D eigenvalue weighted by molar-refractivity contribution is -0.137. The minimum absolute atomic E-state index is 0.243. The fourth-order valence-corrected chi connectivity index (χ4v) is 2.74. The molecule has 0 radical (unpaired) electrons. The lowest BCUT2D eigenvalue weighted by Crippen LogP contribution is -2.30. The van der Waals surface area contributed by atoms with E-state index in [1.54, 1.807) is 24.3 Å². The van der Waals surface area contributed by atoms with Gasteiger partial charge in [0.2, 0.25) is 0 Å². The van der Waals surface area contributed by atoms with Gasteiger partial charge in [0, 0.05) is 6.54 Å². The molecule has 6 heteroatoms. The third-order valence-corrected chi connectivity index (χ3v) is 4.01. The Labute approximate surface area is 136 Å². The number of aryl methyl sites for hydroxylation is 1. The normalized spacial score (nSPS) is 14.2. The smallest absolute Gasteiger partial charge is 0.274 e. The average Bonchev–Trinajstić information content (AvgIpc) is 2.80. The van der Waals surface area contributed by atoms with Crippen molar-refractivity contribution in [2.75, 3.05) is 6.54 Å². The zero-order chi connectivity index (χ0) is 17.3. The minimum Gasteiger partial charge on any atom is -0.274 e. The van der Waals surface area contributed by atoms with Gasteiger partial charge in [-0.15, -0.1) is 0 Å². The highest BCUT2D eigenvalue weighted by Gasteiger charge is 2.34. The van der Waals surface area contributed by atoms with Crippen LogP contribution in [0.4, 0.5) is 13.2 Å². The van der Waals surface area contributed by atoms with Gasteiger partial charge in [0.05, 0.1) is 16.7 Å². The van der Waals surface area contributed by atoms with Gasteiger partial charge in [0.1, 0.15) is 0 Å². The van der Waals surface area contributed by atoms with Crippen molar-refractivity contribution in [1.29, 1.82) is 0 Å². The third kappa shape index (κ3) is 3.04. The fourth-order valence-electron chi connectivity index (χ4n) is 2.74. The summed E-state index contributed by atoms with van der Waals surface area (Å²) >= 11 is 0. The highest BCUT2D eigenvalue weighted by atomic mass is 19.4. The summed E-state index contributed by atoms with van der Waals surface area (Å²) in [6, 6.07) is 11.6. The Morgan fingerprint density at radius 3 is 1.88 bits per heavy atom. The lowest BCUT2D eigenvalue weighted by atomic mass is 10.1. The second kappa shape index (κ2) is 6.11. The maximum Gasteiger partial charge on any atom is 0.416 e. The molecule has 3 nitrogen and oxygen atoms in total. The van der Waals surface area contributed by atoms with Crippen LogP contribution >= 0.6 is 0 Å². The van der Waals surface area contributed by atoms with E-state index in [1.807, 2.05) is 0 Å². The van der Waals surface area contributed by atoms with Gasteiger partial charge < -0.3 is 0 Å². The monoisotopic (exact) mass is 333 g/mol. The van der Waals surface area contributed by atoms with Crippen molar-refractivity contribution >= 4 is 11.8 Å². The Morgan fingerprint density at radius 1 is 0.833 bits per heavy atom. The van der Waals surface area contributed by atoms with E-state index in [1.165, 1.54) is 17.0 Å². The van der Waals surface area contributed by atoms with Crippen LogP contribution in [0.1, 0.15) is 38.3 Å². The molecule has 0 unspecified atom stereocenters. The molecule has 24 heavy (non-hydrogen) atoms. The molecule has 0 saturated heterocycles. The third-order valence-electron chi connectivity index (χ3n) is 4.01.